The van der Waals surface area contributed by atoms with Crippen LogP contribution in [0.15, 0.2) is 6.07 Å². The van der Waals surface area contributed by atoms with Crippen LogP contribution in [0.1, 0.15) is 11.8 Å². The molecule has 0 bridgehead atoms. The van der Waals surface area contributed by atoms with Gasteiger partial charge in [-0.3, -0.25) is 4.79 Å². The van der Waals surface area contributed by atoms with Gasteiger partial charge >= 0.3 is 0 Å². The van der Waals surface area contributed by atoms with Crippen LogP contribution < -0.4 is 16.0 Å². The molecule has 0 atom stereocenters. The summed E-state index contributed by atoms with van der Waals surface area (Å²) >= 11 is 1.71. The molecule has 1 aliphatic heterocycles. The summed E-state index contributed by atoms with van der Waals surface area (Å²) in [7, 11) is 0. The van der Waals surface area contributed by atoms with E-state index in [1.165, 1.54) is 4.88 Å². The lowest BCUT2D eigenvalue weighted by Crippen LogP contribution is -2.46. The lowest BCUT2D eigenvalue weighted by atomic mass is 10.3. The van der Waals surface area contributed by atoms with Gasteiger partial charge in [0.25, 0.3) is 0 Å². The number of thiophene rings is 1. The van der Waals surface area contributed by atoms with Gasteiger partial charge in [-0.05, 0) is 12.5 Å². The Morgan fingerprint density at radius 3 is 2.78 bits per heavy atom. The maximum absolute atomic E-state index is 10.8. The van der Waals surface area contributed by atoms with Crippen LogP contribution in [0, 0.1) is 0 Å². The molecule has 0 saturated carbocycles. The number of carbonyl (C=O) groups excluding carboxylic acids is 1. The quantitative estimate of drug-likeness (QED) is 0.763. The largest absolute Gasteiger partial charge is 0.368 e. The van der Waals surface area contributed by atoms with Gasteiger partial charge in [0.15, 0.2) is 0 Å². The third kappa shape index (κ3) is 3.37. The zero-order valence-corrected chi connectivity index (χ0v) is 14.1. The topological polar surface area (TPSA) is 87.4 Å². The number of hydrogen-bond acceptors (Lipinski definition) is 7. The molecule has 1 saturated heterocycles. The number of aromatic nitrogens is 2. The molecular weight excluding hydrogens is 312 g/mol. The van der Waals surface area contributed by atoms with E-state index in [1.807, 2.05) is 0 Å². The lowest BCUT2D eigenvalue weighted by molar-refractivity contribution is -0.118. The summed E-state index contributed by atoms with van der Waals surface area (Å²) in [6, 6.07) is 2.16. The van der Waals surface area contributed by atoms with E-state index in [9.17, 15) is 4.79 Å². The molecular formula is C15H22N6OS. The summed E-state index contributed by atoms with van der Waals surface area (Å²) in [4.78, 5) is 26.5. The monoisotopic (exact) mass is 334 g/mol. The van der Waals surface area contributed by atoms with Gasteiger partial charge in [0.05, 0.1) is 5.39 Å². The number of rotatable bonds is 6. The Morgan fingerprint density at radius 2 is 2.13 bits per heavy atom. The van der Waals surface area contributed by atoms with Gasteiger partial charge in [0.1, 0.15) is 10.6 Å². The van der Waals surface area contributed by atoms with Crippen molar-refractivity contribution >= 4 is 39.7 Å². The molecule has 1 amide bonds. The number of aryl methyl sites for hydroxylation is 1. The third-order valence-corrected chi connectivity index (χ3v) is 5.14. The van der Waals surface area contributed by atoms with Crippen LogP contribution in [-0.2, 0) is 11.2 Å². The molecule has 3 rings (SSSR count). The maximum atomic E-state index is 10.8. The van der Waals surface area contributed by atoms with Crippen LogP contribution in [0.3, 0.4) is 0 Å². The molecule has 124 valence electrons. The van der Waals surface area contributed by atoms with E-state index in [4.69, 9.17) is 15.7 Å². The molecule has 1 aliphatic rings. The minimum Gasteiger partial charge on any atom is -0.368 e. The van der Waals surface area contributed by atoms with Crippen LogP contribution in [0.5, 0.6) is 0 Å². The fraction of sp³-hybridized carbons (Fsp3) is 0.533. The van der Waals surface area contributed by atoms with Crippen molar-refractivity contribution in [3.05, 3.63) is 10.9 Å². The molecule has 3 heterocycles. The first kappa shape index (κ1) is 15.9. The van der Waals surface area contributed by atoms with Gasteiger partial charge in [-0.1, -0.05) is 6.92 Å². The summed E-state index contributed by atoms with van der Waals surface area (Å²) in [5, 5.41) is 4.38. The minimum atomic E-state index is 0.559. The Balaban J connectivity index is 1.92. The van der Waals surface area contributed by atoms with Gasteiger partial charge in [-0.25, -0.2) is 4.98 Å². The Kier molecular flexibility index (Phi) is 4.92. The highest BCUT2D eigenvalue weighted by Gasteiger charge is 2.20. The summed E-state index contributed by atoms with van der Waals surface area (Å²) in [6.07, 6.45) is 1.90. The Labute approximate surface area is 139 Å². The number of hydrogen-bond donors (Lipinski definition) is 2. The van der Waals surface area contributed by atoms with Crippen molar-refractivity contribution in [1.29, 1.82) is 0 Å². The van der Waals surface area contributed by atoms with Crippen LogP contribution in [0.2, 0.25) is 0 Å². The third-order valence-electron chi connectivity index (χ3n) is 3.96. The van der Waals surface area contributed by atoms with Crippen LogP contribution in [-0.4, -0.2) is 60.5 Å². The van der Waals surface area contributed by atoms with Gasteiger partial charge in [0, 0.05) is 44.1 Å². The van der Waals surface area contributed by atoms with Gasteiger partial charge < -0.3 is 20.9 Å². The number of amides is 1. The van der Waals surface area contributed by atoms with Crippen molar-refractivity contribution < 1.29 is 4.79 Å². The van der Waals surface area contributed by atoms with E-state index in [2.05, 4.69) is 23.2 Å². The van der Waals surface area contributed by atoms with Crippen molar-refractivity contribution in [3.8, 4) is 0 Å². The van der Waals surface area contributed by atoms with Crippen LogP contribution >= 0.6 is 11.3 Å². The first-order valence-electron chi connectivity index (χ1n) is 7.93. The standard InChI is InChI=1S/C15H22N6OS/c1-2-11-9-12-13(17-4-3-16)18-15(19-14(12)23-11)21-7-5-20(10-22)6-8-21/h9-10H,2-8,16H2,1H3,(H,17,18,19). The summed E-state index contributed by atoms with van der Waals surface area (Å²) in [5.74, 6) is 1.58. The van der Waals surface area contributed by atoms with Crippen LogP contribution in [0.4, 0.5) is 11.8 Å². The Morgan fingerprint density at radius 1 is 1.35 bits per heavy atom. The van der Waals surface area contributed by atoms with Crippen molar-refractivity contribution in [3.63, 3.8) is 0 Å². The van der Waals surface area contributed by atoms with E-state index in [-0.39, 0.29) is 0 Å². The SMILES string of the molecule is CCc1cc2c(NCCN)nc(N3CCN(C=O)CC3)nc2s1. The molecule has 2 aromatic rings. The minimum absolute atomic E-state index is 0.559. The summed E-state index contributed by atoms with van der Waals surface area (Å²) in [5.41, 5.74) is 5.61. The molecule has 23 heavy (non-hydrogen) atoms. The summed E-state index contributed by atoms with van der Waals surface area (Å²) < 4.78 is 0. The van der Waals surface area contributed by atoms with E-state index < -0.39 is 0 Å². The zero-order valence-electron chi connectivity index (χ0n) is 13.3. The molecule has 0 radical (unpaired) electrons. The van der Waals surface area contributed by atoms with Crippen molar-refractivity contribution in [1.82, 2.24) is 14.9 Å². The number of fused-ring (bicyclic) bond motifs is 1. The molecule has 3 N–H and O–H groups in total. The molecule has 8 heteroatoms. The number of carbonyl (C=O) groups is 1. The number of nitrogens with one attached hydrogen (secondary N) is 1. The highest BCUT2D eigenvalue weighted by molar-refractivity contribution is 7.18. The first-order valence-corrected chi connectivity index (χ1v) is 8.75. The second-order valence-corrected chi connectivity index (χ2v) is 6.62. The molecule has 7 nitrogen and oxygen atoms in total. The van der Waals surface area contributed by atoms with Gasteiger partial charge in [-0.15, -0.1) is 11.3 Å². The average Bonchev–Trinajstić information content (AvgIpc) is 3.03. The van der Waals surface area contributed by atoms with E-state index >= 15 is 0 Å². The predicted molar refractivity (Wildman–Crippen MR) is 94.2 cm³/mol. The Bertz CT molecular complexity index is 680. The van der Waals surface area contributed by atoms with Crippen molar-refractivity contribution in [2.45, 2.75) is 13.3 Å². The predicted octanol–water partition coefficient (Wildman–Crippen LogP) is 0.903. The first-order chi connectivity index (χ1) is 11.2. The lowest BCUT2D eigenvalue weighted by Gasteiger charge is -2.32. The highest BCUT2D eigenvalue weighted by atomic mass is 32.1. The van der Waals surface area contributed by atoms with Crippen molar-refractivity contribution in [2.75, 3.05) is 49.5 Å². The number of nitrogens with two attached hydrogens (primary N) is 1. The van der Waals surface area contributed by atoms with E-state index in [0.29, 0.717) is 26.2 Å². The second kappa shape index (κ2) is 7.10. The molecule has 0 aromatic carbocycles. The van der Waals surface area contributed by atoms with E-state index in [0.717, 1.165) is 47.9 Å². The fourth-order valence-electron chi connectivity index (χ4n) is 2.63. The van der Waals surface area contributed by atoms with Gasteiger partial charge in [0.2, 0.25) is 12.4 Å². The molecule has 2 aromatic heterocycles. The fourth-order valence-corrected chi connectivity index (χ4v) is 3.59. The zero-order chi connectivity index (χ0) is 16.2. The number of nitrogens with zero attached hydrogens (tertiary/aromatic N) is 4. The van der Waals surface area contributed by atoms with Crippen LogP contribution in [0.25, 0.3) is 10.2 Å². The summed E-state index contributed by atoms with van der Waals surface area (Å²) in [6.45, 7) is 6.32. The van der Waals surface area contributed by atoms with E-state index in [1.54, 1.807) is 16.2 Å². The Hall–Kier alpha value is -1.93. The molecule has 1 fully saturated rings. The number of piperazine rings is 1. The normalized spacial score (nSPS) is 15.2. The average molecular weight is 334 g/mol. The number of anilines is 2. The molecule has 0 unspecified atom stereocenters. The molecule has 0 aliphatic carbocycles. The second-order valence-electron chi connectivity index (χ2n) is 5.50. The van der Waals surface area contributed by atoms with Gasteiger partial charge in [-0.2, -0.15) is 4.98 Å². The van der Waals surface area contributed by atoms with Crippen molar-refractivity contribution in [2.24, 2.45) is 5.73 Å². The molecule has 0 spiro atoms. The smallest absolute Gasteiger partial charge is 0.228 e. The maximum Gasteiger partial charge on any atom is 0.228 e. The highest BCUT2D eigenvalue weighted by Crippen LogP contribution is 2.31.